The van der Waals surface area contributed by atoms with Gasteiger partial charge in [-0.25, -0.2) is 9.71 Å². The van der Waals surface area contributed by atoms with Gasteiger partial charge in [0.1, 0.15) is 0 Å². The van der Waals surface area contributed by atoms with Gasteiger partial charge in [-0.3, -0.25) is 0 Å². The van der Waals surface area contributed by atoms with Gasteiger partial charge < -0.3 is 0 Å². The summed E-state index contributed by atoms with van der Waals surface area (Å²) in [7, 11) is -2.61. The van der Waals surface area contributed by atoms with Crippen LogP contribution in [0.2, 0.25) is 0 Å². The van der Waals surface area contributed by atoms with Crippen LogP contribution in [0, 0.1) is 6.92 Å². The molecule has 0 aliphatic rings. The predicted molar refractivity (Wildman–Crippen MR) is 103 cm³/mol. The third-order valence-electron chi connectivity index (χ3n) is 3.41. The van der Waals surface area contributed by atoms with E-state index in [9.17, 15) is 8.42 Å². The Balaban J connectivity index is 1.74. The topological polar surface area (TPSA) is 59.1 Å². The Hall–Kier alpha value is -1.83. The van der Waals surface area contributed by atoms with Crippen molar-refractivity contribution in [3.05, 3.63) is 71.2 Å². The lowest BCUT2D eigenvalue weighted by molar-refractivity contribution is 0.615. The van der Waals surface area contributed by atoms with E-state index in [4.69, 9.17) is 0 Å². The summed E-state index contributed by atoms with van der Waals surface area (Å²) in [6.07, 6.45) is 1.57. The summed E-state index contributed by atoms with van der Waals surface area (Å²) in [5.41, 5.74) is 4.39. The Kier molecular flexibility index (Phi) is 5.23. The number of aryl methyl sites for hydroxylation is 1. The molecule has 1 heterocycles. The van der Waals surface area contributed by atoms with Gasteiger partial charge in [0.25, 0.3) is 9.06 Å². The number of benzene rings is 2. The van der Waals surface area contributed by atoms with E-state index in [0.29, 0.717) is 10.9 Å². The Bertz CT molecular complexity index is 908. The number of anilines is 1. The third-order valence-corrected chi connectivity index (χ3v) is 6.97. The normalized spacial score (nSPS) is 11.4. The minimum absolute atomic E-state index is 0.376. The van der Waals surface area contributed by atoms with Crippen molar-refractivity contribution in [2.75, 3.05) is 4.72 Å². The molecule has 3 rings (SSSR count). The molecule has 0 spiro atoms. The summed E-state index contributed by atoms with van der Waals surface area (Å²) in [5.74, 6) is 0.376. The van der Waals surface area contributed by atoms with E-state index in [1.165, 1.54) is 16.9 Å². The molecule has 3 aromatic rings. The molecule has 24 heavy (non-hydrogen) atoms. The summed E-state index contributed by atoms with van der Waals surface area (Å²) >= 11 is 1.26. The number of hydrogen-bond acceptors (Lipinski definition) is 5. The van der Waals surface area contributed by atoms with Crippen LogP contribution in [0.25, 0.3) is 11.1 Å². The predicted octanol–water partition coefficient (Wildman–Crippen LogP) is 4.71. The van der Waals surface area contributed by atoms with E-state index in [-0.39, 0.29) is 0 Å². The van der Waals surface area contributed by atoms with Gasteiger partial charge in [-0.15, -0.1) is 11.3 Å². The van der Waals surface area contributed by atoms with Crippen LogP contribution in [0.4, 0.5) is 5.13 Å². The van der Waals surface area contributed by atoms with Crippen molar-refractivity contribution in [2.45, 2.75) is 12.7 Å². The van der Waals surface area contributed by atoms with E-state index in [0.717, 1.165) is 27.5 Å². The molecule has 0 amide bonds. The maximum Gasteiger partial charge on any atom is 0.288 e. The monoisotopic (exact) mass is 376 g/mol. The molecular formula is C17H16N2O2S3. The molecule has 0 aliphatic carbocycles. The summed E-state index contributed by atoms with van der Waals surface area (Å²) in [5, 5.41) is 2.12. The molecule has 1 aromatic heterocycles. The smallest absolute Gasteiger partial charge is 0.250 e. The van der Waals surface area contributed by atoms with Gasteiger partial charge in [-0.05, 0) is 40.0 Å². The molecule has 4 nitrogen and oxygen atoms in total. The lowest BCUT2D eigenvalue weighted by Gasteiger charge is -2.09. The van der Waals surface area contributed by atoms with Gasteiger partial charge in [-0.1, -0.05) is 48.5 Å². The first-order chi connectivity index (χ1) is 11.5. The average molecular weight is 377 g/mol. The highest BCUT2D eigenvalue weighted by molar-refractivity contribution is 8.72. The maximum absolute atomic E-state index is 12.1. The molecular weight excluding hydrogens is 360 g/mol. The first kappa shape index (κ1) is 17.0. The molecule has 0 unspecified atom stereocenters. The van der Waals surface area contributed by atoms with E-state index in [1.54, 1.807) is 11.6 Å². The van der Waals surface area contributed by atoms with Crippen LogP contribution >= 0.6 is 22.1 Å². The highest BCUT2D eigenvalue weighted by Gasteiger charge is 2.13. The molecule has 1 N–H and O–H groups in total. The van der Waals surface area contributed by atoms with Crippen LogP contribution in [0.1, 0.15) is 11.1 Å². The fourth-order valence-electron chi connectivity index (χ4n) is 2.24. The van der Waals surface area contributed by atoms with Crippen LogP contribution in [-0.4, -0.2) is 13.4 Å². The average Bonchev–Trinajstić information content (AvgIpc) is 3.07. The molecule has 7 heteroatoms. The number of nitrogens with one attached hydrogen (secondary N) is 1. The van der Waals surface area contributed by atoms with E-state index >= 15 is 0 Å². The summed E-state index contributed by atoms with van der Waals surface area (Å²) < 4.78 is 26.7. The van der Waals surface area contributed by atoms with Crippen LogP contribution in [0.15, 0.2) is 60.1 Å². The van der Waals surface area contributed by atoms with Crippen LogP contribution in [0.5, 0.6) is 0 Å². The fourth-order valence-corrected chi connectivity index (χ4v) is 5.38. The Morgan fingerprint density at radius 3 is 2.67 bits per heavy atom. The van der Waals surface area contributed by atoms with Crippen molar-refractivity contribution in [1.82, 2.24) is 4.98 Å². The minimum atomic E-state index is -3.48. The molecule has 0 atom stereocenters. The zero-order valence-corrected chi connectivity index (χ0v) is 15.4. The number of thiazole rings is 1. The number of aromatic nitrogens is 1. The summed E-state index contributed by atoms with van der Waals surface area (Å²) in [4.78, 5) is 3.94. The second-order valence-corrected chi connectivity index (χ2v) is 9.73. The fraction of sp³-hybridized carbons (Fsp3) is 0.118. The van der Waals surface area contributed by atoms with E-state index in [2.05, 4.69) is 34.8 Å². The standard InChI is InChI=1S/C17H16N2O2S3/c1-13-7-8-14(11-16(13)15-5-3-2-4-6-15)12-23-24(20,21)19-17-18-9-10-22-17/h2-11H,12H2,1H3,(H,18,19). The Labute approximate surface area is 149 Å². The highest BCUT2D eigenvalue weighted by Crippen LogP contribution is 2.28. The zero-order chi connectivity index (χ0) is 17.0. The largest absolute Gasteiger partial charge is 0.288 e. The van der Waals surface area contributed by atoms with Crippen molar-refractivity contribution < 1.29 is 8.42 Å². The lowest BCUT2D eigenvalue weighted by Crippen LogP contribution is -2.07. The highest BCUT2D eigenvalue weighted by atomic mass is 33.1. The van der Waals surface area contributed by atoms with Gasteiger partial charge in [0.15, 0.2) is 5.13 Å². The Morgan fingerprint density at radius 1 is 1.17 bits per heavy atom. The van der Waals surface area contributed by atoms with Crippen molar-refractivity contribution in [3.63, 3.8) is 0 Å². The molecule has 0 aliphatic heterocycles. The van der Waals surface area contributed by atoms with Crippen molar-refractivity contribution in [1.29, 1.82) is 0 Å². The van der Waals surface area contributed by atoms with Crippen molar-refractivity contribution in [2.24, 2.45) is 0 Å². The first-order valence-corrected chi connectivity index (χ1v) is 11.1. The molecule has 0 saturated carbocycles. The van der Waals surface area contributed by atoms with Gasteiger partial charge in [0.05, 0.1) is 0 Å². The lowest BCUT2D eigenvalue weighted by atomic mass is 9.99. The SMILES string of the molecule is Cc1ccc(CSS(=O)(=O)Nc2nccs2)cc1-c1ccccc1. The van der Waals surface area contributed by atoms with Gasteiger partial charge >= 0.3 is 0 Å². The number of hydrogen-bond donors (Lipinski definition) is 1. The minimum Gasteiger partial charge on any atom is -0.250 e. The van der Waals surface area contributed by atoms with Crippen LogP contribution in [0.3, 0.4) is 0 Å². The second-order valence-electron chi connectivity index (χ2n) is 5.17. The van der Waals surface area contributed by atoms with Crippen LogP contribution in [-0.2, 0) is 14.8 Å². The second kappa shape index (κ2) is 7.38. The quantitative estimate of drug-likeness (QED) is 0.633. The zero-order valence-electron chi connectivity index (χ0n) is 13.0. The van der Waals surface area contributed by atoms with E-state index in [1.807, 2.05) is 30.3 Å². The van der Waals surface area contributed by atoms with Crippen molar-refractivity contribution >= 4 is 36.3 Å². The molecule has 2 aromatic carbocycles. The molecule has 0 bridgehead atoms. The third kappa shape index (κ3) is 4.37. The number of rotatable bonds is 6. The van der Waals surface area contributed by atoms with Gasteiger partial charge in [0.2, 0.25) is 0 Å². The van der Waals surface area contributed by atoms with Crippen LogP contribution < -0.4 is 4.72 Å². The Morgan fingerprint density at radius 2 is 1.96 bits per heavy atom. The maximum atomic E-state index is 12.1. The van der Waals surface area contributed by atoms with E-state index < -0.39 is 9.06 Å². The number of nitrogens with zero attached hydrogens (tertiary/aromatic N) is 1. The summed E-state index contributed by atoms with van der Waals surface area (Å²) in [6.45, 7) is 2.06. The molecule has 124 valence electrons. The van der Waals surface area contributed by atoms with Gasteiger partial charge in [-0.2, -0.15) is 8.42 Å². The molecule has 0 saturated heterocycles. The molecule has 0 radical (unpaired) electrons. The molecule has 0 fully saturated rings. The van der Waals surface area contributed by atoms with Crippen molar-refractivity contribution in [3.8, 4) is 11.1 Å². The van der Waals surface area contributed by atoms with Gasteiger partial charge in [0, 0.05) is 17.3 Å². The first-order valence-electron chi connectivity index (χ1n) is 7.25. The summed E-state index contributed by atoms with van der Waals surface area (Å²) in [6, 6.07) is 16.1.